The molecule has 0 aliphatic heterocycles. The maximum Gasteiger partial charge on any atom is 0.214 e. The van der Waals surface area contributed by atoms with Gasteiger partial charge < -0.3 is 5.11 Å². The Kier molecular flexibility index (Phi) is 4.74. The van der Waals surface area contributed by atoms with Gasteiger partial charge in [0.25, 0.3) is 0 Å². The lowest BCUT2D eigenvalue weighted by Crippen LogP contribution is -2.35. The Morgan fingerprint density at radius 1 is 1.42 bits per heavy atom. The fourth-order valence-electron chi connectivity index (χ4n) is 0.712. The predicted molar refractivity (Wildman–Crippen MR) is 48.4 cm³/mol. The zero-order valence-corrected chi connectivity index (χ0v) is 8.63. The molecule has 0 amide bonds. The number of aliphatic hydroxyl groups is 1. The monoisotopic (exact) mass is 195 g/mol. The second kappa shape index (κ2) is 4.79. The molecule has 74 valence electrons. The van der Waals surface area contributed by atoms with E-state index in [1.165, 1.54) is 4.31 Å². The Bertz CT molecular complexity index is 211. The van der Waals surface area contributed by atoms with Crippen LogP contribution in [0.2, 0.25) is 0 Å². The lowest BCUT2D eigenvalue weighted by atomic mass is 10.4. The minimum Gasteiger partial charge on any atom is -0.396 e. The third-order valence-corrected chi connectivity index (χ3v) is 3.83. The van der Waals surface area contributed by atoms with Crippen molar-refractivity contribution in [1.29, 1.82) is 0 Å². The molecule has 0 unspecified atom stereocenters. The number of sulfonamides is 1. The molecule has 0 spiro atoms. The van der Waals surface area contributed by atoms with Crippen LogP contribution in [-0.4, -0.2) is 43.3 Å². The second-order valence-corrected chi connectivity index (χ2v) is 5.15. The van der Waals surface area contributed by atoms with E-state index in [9.17, 15) is 8.42 Å². The van der Waals surface area contributed by atoms with Crippen molar-refractivity contribution in [2.75, 3.05) is 19.4 Å². The van der Waals surface area contributed by atoms with Gasteiger partial charge in [-0.2, -0.15) is 0 Å². The molecule has 0 radical (unpaired) electrons. The third-order valence-electron chi connectivity index (χ3n) is 1.73. The van der Waals surface area contributed by atoms with Crippen LogP contribution in [-0.2, 0) is 10.0 Å². The van der Waals surface area contributed by atoms with E-state index in [4.69, 9.17) is 5.11 Å². The lowest BCUT2D eigenvalue weighted by molar-refractivity contribution is 0.293. The summed E-state index contributed by atoms with van der Waals surface area (Å²) < 4.78 is 24.0. The Balaban J connectivity index is 4.21. The van der Waals surface area contributed by atoms with Gasteiger partial charge in [-0.1, -0.05) is 0 Å². The van der Waals surface area contributed by atoms with Gasteiger partial charge in [0, 0.05) is 19.7 Å². The molecule has 0 aromatic heterocycles. The fraction of sp³-hybridized carbons (Fsp3) is 1.00. The van der Waals surface area contributed by atoms with Crippen LogP contribution in [0.5, 0.6) is 0 Å². The molecule has 0 fully saturated rings. The van der Waals surface area contributed by atoms with Gasteiger partial charge in [0.1, 0.15) is 0 Å². The van der Waals surface area contributed by atoms with Crippen LogP contribution >= 0.6 is 0 Å². The van der Waals surface area contributed by atoms with Crippen molar-refractivity contribution in [2.24, 2.45) is 0 Å². The van der Waals surface area contributed by atoms with Gasteiger partial charge >= 0.3 is 0 Å². The Morgan fingerprint density at radius 3 is 2.25 bits per heavy atom. The van der Waals surface area contributed by atoms with Gasteiger partial charge in [-0.25, -0.2) is 12.7 Å². The summed E-state index contributed by atoms with van der Waals surface area (Å²) in [5.41, 5.74) is 0. The molecular formula is C7H17NO3S. The zero-order chi connectivity index (χ0) is 9.78. The summed E-state index contributed by atoms with van der Waals surface area (Å²) in [4.78, 5) is 0. The lowest BCUT2D eigenvalue weighted by Gasteiger charge is -2.20. The number of hydrogen-bond acceptors (Lipinski definition) is 3. The van der Waals surface area contributed by atoms with Crippen LogP contribution in [0.15, 0.2) is 0 Å². The number of hydrogen-bond donors (Lipinski definition) is 1. The Morgan fingerprint density at radius 2 is 1.92 bits per heavy atom. The van der Waals surface area contributed by atoms with Crippen molar-refractivity contribution in [3.05, 3.63) is 0 Å². The SMILES string of the molecule is CC(C)N(C)S(=O)(=O)CCCO. The molecule has 0 saturated carbocycles. The van der Waals surface area contributed by atoms with Crippen LogP contribution in [0, 0.1) is 0 Å². The minimum absolute atomic E-state index is 0.0197. The number of nitrogens with zero attached hydrogens (tertiary/aromatic N) is 1. The highest BCUT2D eigenvalue weighted by atomic mass is 32.2. The first-order chi connectivity index (χ1) is 5.41. The predicted octanol–water partition coefficient (Wildman–Crippen LogP) is 0.0388. The summed E-state index contributed by atoms with van der Waals surface area (Å²) in [6.45, 7) is 3.55. The largest absolute Gasteiger partial charge is 0.396 e. The summed E-state index contributed by atoms with van der Waals surface area (Å²) >= 11 is 0. The van der Waals surface area contributed by atoms with Crippen LogP contribution < -0.4 is 0 Å². The van der Waals surface area contributed by atoms with E-state index in [-0.39, 0.29) is 18.4 Å². The van der Waals surface area contributed by atoms with Gasteiger partial charge in [0.05, 0.1) is 5.75 Å². The van der Waals surface area contributed by atoms with Crippen LogP contribution in [0.25, 0.3) is 0 Å². The van der Waals surface area contributed by atoms with E-state index in [1.54, 1.807) is 7.05 Å². The standard InChI is InChI=1S/C7H17NO3S/c1-7(2)8(3)12(10,11)6-4-5-9/h7,9H,4-6H2,1-3H3. The molecule has 1 N–H and O–H groups in total. The Labute approximate surface area is 74.2 Å². The average Bonchev–Trinajstić information content (AvgIpc) is 1.99. The molecule has 0 heterocycles. The summed E-state index contributed by atoms with van der Waals surface area (Å²) in [5, 5.41) is 8.47. The van der Waals surface area contributed by atoms with Crippen molar-refractivity contribution in [2.45, 2.75) is 26.3 Å². The molecule has 0 bridgehead atoms. The van der Waals surface area contributed by atoms with E-state index in [0.717, 1.165) is 0 Å². The normalized spacial score (nSPS) is 12.8. The molecule has 0 atom stereocenters. The van der Waals surface area contributed by atoms with E-state index in [2.05, 4.69) is 0 Å². The van der Waals surface area contributed by atoms with Crippen molar-refractivity contribution in [1.82, 2.24) is 4.31 Å². The average molecular weight is 195 g/mol. The zero-order valence-electron chi connectivity index (χ0n) is 7.82. The van der Waals surface area contributed by atoms with E-state index in [1.807, 2.05) is 13.8 Å². The van der Waals surface area contributed by atoms with Crippen molar-refractivity contribution < 1.29 is 13.5 Å². The maximum atomic E-state index is 11.3. The number of aliphatic hydroxyl groups excluding tert-OH is 1. The van der Waals surface area contributed by atoms with Gasteiger partial charge in [0.15, 0.2) is 0 Å². The molecular weight excluding hydrogens is 178 g/mol. The first-order valence-corrected chi connectivity index (χ1v) is 5.59. The molecule has 4 nitrogen and oxygen atoms in total. The van der Waals surface area contributed by atoms with Crippen LogP contribution in [0.4, 0.5) is 0 Å². The highest BCUT2D eigenvalue weighted by Crippen LogP contribution is 2.04. The van der Waals surface area contributed by atoms with Crippen molar-refractivity contribution in [3.8, 4) is 0 Å². The summed E-state index contributed by atoms with van der Waals surface area (Å²) in [5.74, 6) is 0.0260. The molecule has 0 aliphatic carbocycles. The van der Waals surface area contributed by atoms with Gasteiger partial charge in [0.2, 0.25) is 10.0 Å². The number of rotatable bonds is 5. The maximum absolute atomic E-state index is 11.3. The summed E-state index contributed by atoms with van der Waals surface area (Å²) in [7, 11) is -1.60. The second-order valence-electron chi connectivity index (χ2n) is 3.00. The fourth-order valence-corrected chi connectivity index (χ4v) is 2.14. The molecule has 0 saturated heterocycles. The van der Waals surface area contributed by atoms with Gasteiger partial charge in [-0.05, 0) is 20.3 Å². The summed E-state index contributed by atoms with van der Waals surface area (Å²) in [6, 6.07) is -0.0197. The van der Waals surface area contributed by atoms with E-state index >= 15 is 0 Å². The quantitative estimate of drug-likeness (QED) is 0.674. The smallest absolute Gasteiger partial charge is 0.214 e. The van der Waals surface area contributed by atoms with Crippen molar-refractivity contribution in [3.63, 3.8) is 0 Å². The van der Waals surface area contributed by atoms with Crippen molar-refractivity contribution >= 4 is 10.0 Å². The first kappa shape index (κ1) is 11.9. The first-order valence-electron chi connectivity index (χ1n) is 3.98. The molecule has 0 aromatic rings. The van der Waals surface area contributed by atoms with E-state index < -0.39 is 10.0 Å². The molecule has 0 rings (SSSR count). The topological polar surface area (TPSA) is 57.6 Å². The molecule has 5 heteroatoms. The van der Waals surface area contributed by atoms with Crippen LogP contribution in [0.3, 0.4) is 0 Å². The molecule has 0 aliphatic rings. The Hall–Kier alpha value is -0.130. The highest BCUT2D eigenvalue weighted by molar-refractivity contribution is 7.89. The minimum atomic E-state index is -3.15. The van der Waals surface area contributed by atoms with Crippen LogP contribution in [0.1, 0.15) is 20.3 Å². The highest BCUT2D eigenvalue weighted by Gasteiger charge is 2.19. The summed E-state index contributed by atoms with van der Waals surface area (Å²) in [6.07, 6.45) is 0.305. The molecule has 12 heavy (non-hydrogen) atoms. The van der Waals surface area contributed by atoms with Gasteiger partial charge in [-0.3, -0.25) is 0 Å². The third kappa shape index (κ3) is 3.51. The van der Waals surface area contributed by atoms with E-state index in [0.29, 0.717) is 6.42 Å². The van der Waals surface area contributed by atoms with Gasteiger partial charge in [-0.15, -0.1) is 0 Å². The molecule has 0 aromatic carbocycles.